The maximum atomic E-state index is 12.7. The Morgan fingerprint density at radius 3 is 1.91 bits per heavy atom. The molecule has 0 heterocycles. The molecule has 0 spiro atoms. The Bertz CT molecular complexity index is 686. The molecule has 0 aromatic heterocycles. The van der Waals surface area contributed by atoms with Gasteiger partial charge in [0.15, 0.2) is 0 Å². The predicted octanol–water partition coefficient (Wildman–Crippen LogP) is -2.72. The Morgan fingerprint density at radius 1 is 0.879 bits per heavy atom. The lowest BCUT2D eigenvalue weighted by Gasteiger charge is -2.26. The highest BCUT2D eigenvalue weighted by Gasteiger charge is 2.33. The zero-order chi connectivity index (χ0) is 25.7. The zero-order valence-corrected chi connectivity index (χ0v) is 19.4. The van der Waals surface area contributed by atoms with E-state index in [1.165, 1.54) is 6.92 Å². The average molecular weight is 475 g/mol. The third kappa shape index (κ3) is 12.2. The summed E-state index contributed by atoms with van der Waals surface area (Å²) in [5.74, 6) is -4.70. The van der Waals surface area contributed by atoms with Crippen molar-refractivity contribution in [2.45, 2.75) is 83.1 Å². The van der Waals surface area contributed by atoms with Gasteiger partial charge in [-0.15, -0.1) is 0 Å². The standard InChI is InChI=1S/C20H38N6O7/c1-10(2)8-12(22)17(29)26-16(11(3)27)19(31)25-14(9-15(23)28)18(30)24-13(20(32)33)6-4-5-7-21/h10-14,16,27H,4-9,21-22H2,1-3H3,(H2,23,28)(H,24,30)(H,25,31)(H,26,29)(H,32,33). The number of carboxylic acid groups (broad SMARTS) is 1. The van der Waals surface area contributed by atoms with E-state index in [1.807, 2.05) is 13.8 Å². The topological polar surface area (TPSA) is 240 Å². The van der Waals surface area contributed by atoms with Crippen LogP contribution in [0, 0.1) is 5.92 Å². The van der Waals surface area contributed by atoms with E-state index in [-0.39, 0.29) is 12.3 Å². The molecule has 13 nitrogen and oxygen atoms in total. The van der Waals surface area contributed by atoms with Crippen LogP contribution < -0.4 is 33.2 Å². The predicted molar refractivity (Wildman–Crippen MR) is 119 cm³/mol. The lowest BCUT2D eigenvalue weighted by atomic mass is 10.0. The van der Waals surface area contributed by atoms with Crippen molar-refractivity contribution in [1.82, 2.24) is 16.0 Å². The molecular formula is C20H38N6O7. The SMILES string of the molecule is CC(C)CC(N)C(=O)NC(C(=O)NC(CC(N)=O)C(=O)NC(CCCCN)C(=O)O)C(C)O. The molecule has 0 aromatic carbocycles. The van der Waals surface area contributed by atoms with E-state index in [0.29, 0.717) is 25.8 Å². The van der Waals surface area contributed by atoms with Crippen molar-refractivity contribution >= 4 is 29.6 Å². The molecule has 13 heteroatoms. The highest BCUT2D eigenvalue weighted by molar-refractivity contribution is 5.96. The number of nitrogens with two attached hydrogens (primary N) is 3. The van der Waals surface area contributed by atoms with Crippen molar-refractivity contribution in [3.8, 4) is 0 Å². The molecule has 11 N–H and O–H groups in total. The van der Waals surface area contributed by atoms with Gasteiger partial charge in [0.05, 0.1) is 18.6 Å². The first-order chi connectivity index (χ1) is 15.3. The van der Waals surface area contributed by atoms with Gasteiger partial charge in [-0.25, -0.2) is 4.79 Å². The Labute approximate surface area is 193 Å². The maximum absolute atomic E-state index is 12.7. The normalized spacial score (nSPS) is 15.6. The summed E-state index contributed by atoms with van der Waals surface area (Å²) in [4.78, 5) is 60.5. The van der Waals surface area contributed by atoms with Crippen LogP contribution in [-0.4, -0.2) is 76.6 Å². The molecule has 0 aromatic rings. The Hall–Kier alpha value is -2.77. The van der Waals surface area contributed by atoms with E-state index < -0.39 is 66.3 Å². The van der Waals surface area contributed by atoms with Crippen molar-refractivity contribution in [2.24, 2.45) is 23.1 Å². The molecule has 5 unspecified atom stereocenters. The molecule has 0 aliphatic rings. The van der Waals surface area contributed by atoms with Gasteiger partial charge < -0.3 is 43.4 Å². The van der Waals surface area contributed by atoms with Gasteiger partial charge >= 0.3 is 5.97 Å². The van der Waals surface area contributed by atoms with Crippen LogP contribution in [0.15, 0.2) is 0 Å². The average Bonchev–Trinajstić information content (AvgIpc) is 2.69. The lowest BCUT2D eigenvalue weighted by Crippen LogP contribution is -2.60. The number of carbonyl (C=O) groups is 5. The smallest absolute Gasteiger partial charge is 0.326 e. The van der Waals surface area contributed by atoms with Crippen LogP contribution >= 0.6 is 0 Å². The van der Waals surface area contributed by atoms with Gasteiger partial charge in [-0.1, -0.05) is 13.8 Å². The fraction of sp³-hybridized carbons (Fsp3) is 0.750. The van der Waals surface area contributed by atoms with Crippen molar-refractivity contribution in [3.63, 3.8) is 0 Å². The highest BCUT2D eigenvalue weighted by atomic mass is 16.4. The van der Waals surface area contributed by atoms with Gasteiger partial charge in [0.25, 0.3) is 0 Å². The van der Waals surface area contributed by atoms with Crippen molar-refractivity contribution < 1.29 is 34.2 Å². The van der Waals surface area contributed by atoms with Crippen LogP contribution in [0.5, 0.6) is 0 Å². The molecule has 0 fully saturated rings. The van der Waals surface area contributed by atoms with Gasteiger partial charge in [0, 0.05) is 0 Å². The molecule has 190 valence electrons. The quantitative estimate of drug-likeness (QED) is 0.108. The molecular weight excluding hydrogens is 436 g/mol. The minimum Gasteiger partial charge on any atom is -0.480 e. The number of unbranched alkanes of at least 4 members (excludes halogenated alkanes) is 1. The summed E-state index contributed by atoms with van der Waals surface area (Å²) in [5.41, 5.74) is 16.4. The lowest BCUT2D eigenvalue weighted by molar-refractivity contribution is -0.142. The zero-order valence-electron chi connectivity index (χ0n) is 19.4. The molecule has 0 radical (unpaired) electrons. The van der Waals surface area contributed by atoms with Crippen LogP contribution in [0.25, 0.3) is 0 Å². The monoisotopic (exact) mass is 474 g/mol. The van der Waals surface area contributed by atoms with E-state index in [2.05, 4.69) is 16.0 Å². The number of nitrogens with one attached hydrogen (secondary N) is 3. The Kier molecular flexibility index (Phi) is 13.9. The summed E-state index contributed by atoms with van der Waals surface area (Å²) in [5, 5.41) is 26.1. The molecule has 0 aliphatic carbocycles. The van der Waals surface area contributed by atoms with E-state index in [9.17, 15) is 34.2 Å². The van der Waals surface area contributed by atoms with Crippen LogP contribution in [0.3, 0.4) is 0 Å². The second-order valence-electron chi connectivity index (χ2n) is 8.38. The minimum absolute atomic E-state index is 0.0929. The number of aliphatic hydroxyl groups excluding tert-OH is 1. The maximum Gasteiger partial charge on any atom is 0.326 e. The third-order valence-corrected chi connectivity index (χ3v) is 4.72. The fourth-order valence-corrected chi connectivity index (χ4v) is 2.97. The summed E-state index contributed by atoms with van der Waals surface area (Å²) in [7, 11) is 0. The second-order valence-corrected chi connectivity index (χ2v) is 8.38. The number of primary amides is 1. The first-order valence-corrected chi connectivity index (χ1v) is 10.9. The van der Waals surface area contributed by atoms with Gasteiger partial charge in [-0.05, 0) is 45.1 Å². The summed E-state index contributed by atoms with van der Waals surface area (Å²) in [6, 6.07) is -5.18. The van der Waals surface area contributed by atoms with Crippen LogP contribution in [-0.2, 0) is 24.0 Å². The molecule has 0 aliphatic heterocycles. The van der Waals surface area contributed by atoms with Gasteiger partial charge in [0.2, 0.25) is 23.6 Å². The Balaban J connectivity index is 5.39. The first kappa shape index (κ1) is 30.2. The third-order valence-electron chi connectivity index (χ3n) is 4.72. The van der Waals surface area contributed by atoms with E-state index >= 15 is 0 Å². The van der Waals surface area contributed by atoms with Crippen LogP contribution in [0.4, 0.5) is 0 Å². The summed E-state index contributed by atoms with van der Waals surface area (Å²) >= 11 is 0. The summed E-state index contributed by atoms with van der Waals surface area (Å²) in [6.45, 7) is 5.33. The molecule has 0 rings (SSSR count). The van der Waals surface area contributed by atoms with Crippen molar-refractivity contribution in [3.05, 3.63) is 0 Å². The number of rotatable bonds is 16. The van der Waals surface area contributed by atoms with Crippen molar-refractivity contribution in [1.29, 1.82) is 0 Å². The molecule has 4 amide bonds. The van der Waals surface area contributed by atoms with Gasteiger partial charge in [-0.3, -0.25) is 19.2 Å². The summed E-state index contributed by atoms with van der Waals surface area (Å²) in [6.07, 6.45) is -0.563. The van der Waals surface area contributed by atoms with Gasteiger partial charge in [-0.2, -0.15) is 0 Å². The molecule has 0 bridgehead atoms. The number of carbonyl (C=O) groups excluding carboxylic acids is 4. The molecule has 5 atom stereocenters. The minimum atomic E-state index is -1.52. The fourth-order valence-electron chi connectivity index (χ4n) is 2.97. The van der Waals surface area contributed by atoms with Gasteiger partial charge in [0.1, 0.15) is 18.1 Å². The van der Waals surface area contributed by atoms with Crippen LogP contribution in [0.1, 0.15) is 52.9 Å². The number of aliphatic hydroxyl groups is 1. The van der Waals surface area contributed by atoms with E-state index in [4.69, 9.17) is 17.2 Å². The number of aliphatic carboxylic acids is 1. The summed E-state index contributed by atoms with van der Waals surface area (Å²) < 4.78 is 0. The van der Waals surface area contributed by atoms with E-state index in [0.717, 1.165) is 0 Å². The second kappa shape index (κ2) is 15.1. The first-order valence-electron chi connectivity index (χ1n) is 10.9. The highest BCUT2D eigenvalue weighted by Crippen LogP contribution is 2.06. The molecule has 33 heavy (non-hydrogen) atoms. The van der Waals surface area contributed by atoms with Crippen LogP contribution in [0.2, 0.25) is 0 Å². The number of hydrogen-bond acceptors (Lipinski definition) is 8. The number of carboxylic acids is 1. The number of hydrogen-bond donors (Lipinski definition) is 8. The number of amides is 4. The van der Waals surface area contributed by atoms with E-state index in [1.54, 1.807) is 0 Å². The molecule has 0 saturated carbocycles. The molecule has 0 saturated heterocycles. The largest absolute Gasteiger partial charge is 0.480 e. The Morgan fingerprint density at radius 2 is 1.45 bits per heavy atom. The van der Waals surface area contributed by atoms with Crippen molar-refractivity contribution in [2.75, 3.05) is 6.54 Å².